The Morgan fingerprint density at radius 2 is 0.980 bits per heavy atom. The fourth-order valence-electron chi connectivity index (χ4n) is 5.61. The lowest BCUT2D eigenvalue weighted by Gasteiger charge is -2.23. The molecule has 0 aromatic heterocycles. The Morgan fingerprint density at radius 1 is 0.592 bits per heavy atom. The van der Waals surface area contributed by atoms with Crippen LogP contribution in [0.3, 0.4) is 0 Å². The summed E-state index contributed by atoms with van der Waals surface area (Å²) in [5, 5.41) is 3.71. The molecule has 15 heteroatoms. The molecule has 2 saturated heterocycles. The van der Waals surface area contributed by atoms with Crippen LogP contribution in [0.1, 0.15) is 58.3 Å². The highest BCUT2D eigenvalue weighted by Gasteiger charge is 2.34. The molecule has 0 unspecified atom stereocenters. The van der Waals surface area contributed by atoms with Crippen LogP contribution in [0.15, 0.2) is 36.4 Å². The van der Waals surface area contributed by atoms with Crippen LogP contribution >= 0.6 is 0 Å². The molecule has 1 N–H and O–H groups in total. The highest BCUT2D eigenvalue weighted by atomic mass is 16.7. The third-order valence-corrected chi connectivity index (χ3v) is 7.71. The minimum Gasteiger partial charge on any atom is -0.325 e. The zero-order chi connectivity index (χ0) is 35.8. The molecule has 0 aliphatic carbocycles. The van der Waals surface area contributed by atoms with Gasteiger partial charge in [0.2, 0.25) is 0 Å². The Labute approximate surface area is 286 Å². The molecule has 5 amide bonds. The van der Waals surface area contributed by atoms with Gasteiger partial charge in [0.05, 0.1) is 5.56 Å². The normalized spacial score (nSPS) is 15.1. The van der Waals surface area contributed by atoms with Crippen LogP contribution in [-0.2, 0) is 55.0 Å². The number of hydroxylamine groups is 4. The minimum absolute atomic E-state index is 0.0137. The first-order valence-electron chi connectivity index (χ1n) is 16.0. The van der Waals surface area contributed by atoms with Crippen molar-refractivity contribution < 1.29 is 38.4 Å². The van der Waals surface area contributed by atoms with Gasteiger partial charge in [-0.05, 0) is 88.8 Å². The highest BCUT2D eigenvalue weighted by molar-refractivity contribution is 6.03. The molecule has 49 heavy (non-hydrogen) atoms. The maximum absolute atomic E-state index is 13.0. The van der Waals surface area contributed by atoms with E-state index >= 15 is 0 Å². The Kier molecular flexibility index (Phi) is 12.6. The summed E-state index contributed by atoms with van der Waals surface area (Å²) in [7, 11) is 11.7. The second kappa shape index (κ2) is 16.6. The molecule has 2 fully saturated rings. The van der Waals surface area contributed by atoms with Gasteiger partial charge in [0.15, 0.2) is 0 Å². The summed E-state index contributed by atoms with van der Waals surface area (Å²) in [4.78, 5) is 91.6. The van der Waals surface area contributed by atoms with Crippen molar-refractivity contribution in [3.63, 3.8) is 0 Å². The Balaban J connectivity index is 1.38. The van der Waals surface area contributed by atoms with E-state index in [1.807, 2.05) is 70.3 Å². The number of carbonyl (C=O) groups is 6. The SMILES string of the molecule is CN(C)Cc1cc(CN(C)CCN(C)Cc2cc(CN(C)C)cc(C(=O)ON3C(=O)CCC3=O)c2)cc(NC(=O)ON2C(=O)CCC2=O)c1. The number of benzene rings is 2. The van der Waals surface area contributed by atoms with Gasteiger partial charge in [0, 0.05) is 70.6 Å². The predicted octanol–water partition coefficient (Wildman–Crippen LogP) is 2.21. The van der Waals surface area contributed by atoms with E-state index in [2.05, 4.69) is 21.2 Å². The topological polar surface area (TPSA) is 152 Å². The van der Waals surface area contributed by atoms with E-state index in [0.29, 0.717) is 55.1 Å². The molecule has 264 valence electrons. The summed E-state index contributed by atoms with van der Waals surface area (Å²) < 4.78 is 0. The van der Waals surface area contributed by atoms with Gasteiger partial charge in [-0.1, -0.05) is 12.1 Å². The molecule has 0 saturated carbocycles. The molecular weight excluding hydrogens is 634 g/mol. The van der Waals surface area contributed by atoms with Gasteiger partial charge >= 0.3 is 12.1 Å². The zero-order valence-electron chi connectivity index (χ0n) is 29.0. The van der Waals surface area contributed by atoms with Crippen molar-refractivity contribution >= 4 is 41.4 Å². The minimum atomic E-state index is -0.921. The van der Waals surface area contributed by atoms with E-state index in [0.717, 1.165) is 22.3 Å². The summed E-state index contributed by atoms with van der Waals surface area (Å²) in [5.41, 5.74) is 4.42. The number of nitrogens with zero attached hydrogens (tertiary/aromatic N) is 6. The summed E-state index contributed by atoms with van der Waals surface area (Å²) in [6, 6.07) is 11.2. The maximum atomic E-state index is 13.0. The second-order valence-electron chi connectivity index (χ2n) is 13.1. The lowest BCUT2D eigenvalue weighted by Crippen LogP contribution is -2.34. The third kappa shape index (κ3) is 10.9. The molecule has 4 rings (SSSR count). The number of nitrogens with one attached hydrogen (secondary N) is 1. The number of amides is 5. The van der Waals surface area contributed by atoms with Crippen LogP contribution < -0.4 is 5.32 Å². The quantitative estimate of drug-likeness (QED) is 0.275. The molecule has 2 aromatic carbocycles. The predicted molar refractivity (Wildman–Crippen MR) is 178 cm³/mol. The summed E-state index contributed by atoms with van der Waals surface area (Å²) in [5.74, 6) is -2.92. The smallest absolute Gasteiger partial charge is 0.325 e. The number of hydrogen-bond donors (Lipinski definition) is 1. The van der Waals surface area contributed by atoms with Crippen LogP contribution in [0.25, 0.3) is 0 Å². The zero-order valence-corrected chi connectivity index (χ0v) is 29.0. The van der Waals surface area contributed by atoms with E-state index in [9.17, 15) is 28.8 Å². The Morgan fingerprint density at radius 3 is 1.43 bits per heavy atom. The molecule has 2 heterocycles. The molecule has 2 aliphatic heterocycles. The summed E-state index contributed by atoms with van der Waals surface area (Å²) >= 11 is 0. The molecule has 0 radical (unpaired) electrons. The molecule has 2 aliphatic rings. The average molecular weight is 680 g/mol. The van der Waals surface area contributed by atoms with E-state index < -0.39 is 35.7 Å². The largest absolute Gasteiger partial charge is 0.436 e. The van der Waals surface area contributed by atoms with Crippen molar-refractivity contribution in [2.45, 2.75) is 51.9 Å². The molecule has 15 nitrogen and oxygen atoms in total. The van der Waals surface area contributed by atoms with Crippen molar-refractivity contribution in [3.8, 4) is 0 Å². The Hall–Kier alpha value is -4.70. The Bertz CT molecular complexity index is 1560. The highest BCUT2D eigenvalue weighted by Crippen LogP contribution is 2.21. The first kappa shape index (κ1) is 37.1. The third-order valence-electron chi connectivity index (χ3n) is 7.71. The molecule has 0 bridgehead atoms. The molecule has 2 aromatic rings. The number of carbonyl (C=O) groups excluding carboxylic acids is 6. The number of rotatable bonds is 15. The van der Waals surface area contributed by atoms with E-state index in [4.69, 9.17) is 9.68 Å². The van der Waals surface area contributed by atoms with Gasteiger partial charge in [0.25, 0.3) is 23.6 Å². The number of imide groups is 2. The lowest BCUT2D eigenvalue weighted by atomic mass is 10.0. The van der Waals surface area contributed by atoms with Crippen LogP contribution in [0, 0.1) is 0 Å². The van der Waals surface area contributed by atoms with Gasteiger partial charge in [0.1, 0.15) is 0 Å². The standard InChI is InChI=1S/C34H45N7O8/c1-36(2)19-23-13-24(16-27(15-23)33(46)48-40-29(42)7-8-30(40)43)21-38(5)11-12-39(6)22-26-14-25(20-37(3)4)17-28(18-26)35-34(47)49-41-31(44)9-10-32(41)45/h13-18H,7-12,19-22H2,1-6H3,(H,35,47). The van der Waals surface area contributed by atoms with Crippen molar-refractivity contribution in [1.29, 1.82) is 0 Å². The van der Waals surface area contributed by atoms with Crippen LogP contribution in [0.2, 0.25) is 0 Å². The fourth-order valence-corrected chi connectivity index (χ4v) is 5.61. The second-order valence-corrected chi connectivity index (χ2v) is 13.1. The molecule has 0 spiro atoms. The van der Waals surface area contributed by atoms with Crippen molar-refractivity contribution in [2.75, 3.05) is 60.7 Å². The van der Waals surface area contributed by atoms with Gasteiger partial charge in [-0.25, -0.2) is 9.59 Å². The van der Waals surface area contributed by atoms with Crippen molar-refractivity contribution in [3.05, 3.63) is 64.2 Å². The van der Waals surface area contributed by atoms with Crippen LogP contribution in [-0.4, -0.2) is 121 Å². The average Bonchev–Trinajstić information content (AvgIpc) is 3.49. The van der Waals surface area contributed by atoms with Gasteiger partial charge in [-0.3, -0.25) is 24.5 Å². The molecule has 0 atom stereocenters. The van der Waals surface area contributed by atoms with E-state index in [1.54, 1.807) is 12.1 Å². The number of hydrogen-bond acceptors (Lipinski definition) is 12. The summed E-state index contributed by atoms with van der Waals surface area (Å²) in [6.07, 6.45) is -0.844. The van der Waals surface area contributed by atoms with Crippen LogP contribution in [0.4, 0.5) is 10.5 Å². The van der Waals surface area contributed by atoms with Crippen molar-refractivity contribution in [2.24, 2.45) is 0 Å². The maximum Gasteiger partial charge on any atom is 0.436 e. The first-order valence-corrected chi connectivity index (χ1v) is 16.0. The number of anilines is 1. The van der Waals surface area contributed by atoms with Gasteiger partial charge in [-0.2, -0.15) is 0 Å². The first-order chi connectivity index (χ1) is 23.2. The summed E-state index contributed by atoms with van der Waals surface area (Å²) in [6.45, 7) is 3.71. The van der Waals surface area contributed by atoms with Gasteiger partial charge < -0.3 is 29.3 Å². The van der Waals surface area contributed by atoms with E-state index in [1.165, 1.54) is 0 Å². The number of likely N-dealkylation sites (N-methyl/N-ethyl adjacent to an activating group) is 2. The lowest BCUT2D eigenvalue weighted by molar-refractivity contribution is -0.173. The van der Waals surface area contributed by atoms with Crippen LogP contribution in [0.5, 0.6) is 0 Å². The van der Waals surface area contributed by atoms with Crippen molar-refractivity contribution in [1.82, 2.24) is 29.7 Å². The monoisotopic (exact) mass is 679 g/mol. The van der Waals surface area contributed by atoms with Gasteiger partial charge in [-0.15, -0.1) is 10.1 Å². The fraction of sp³-hybridized carbons (Fsp3) is 0.471. The molecular formula is C34H45N7O8. The van der Waals surface area contributed by atoms with E-state index in [-0.39, 0.29) is 31.2 Å².